The zero-order valence-electron chi connectivity index (χ0n) is 12.5. The van der Waals surface area contributed by atoms with Gasteiger partial charge in [0.05, 0.1) is 6.10 Å². The number of rotatable bonds is 5. The van der Waals surface area contributed by atoms with Crippen molar-refractivity contribution in [2.45, 2.75) is 58.9 Å². The second kappa shape index (κ2) is 5.65. The van der Waals surface area contributed by atoms with Gasteiger partial charge in [0, 0.05) is 44.0 Å². The SMILES string of the molecule is CCn1c(C)cc(CNCC2(O)CCOC2C)c1C. The molecule has 1 fully saturated rings. The van der Waals surface area contributed by atoms with E-state index in [4.69, 9.17) is 4.74 Å². The summed E-state index contributed by atoms with van der Waals surface area (Å²) in [7, 11) is 0. The Kier molecular flexibility index (Phi) is 4.33. The number of ether oxygens (including phenoxy) is 1. The average molecular weight is 266 g/mol. The molecular formula is C15H26N2O2. The van der Waals surface area contributed by atoms with Gasteiger partial charge in [0.2, 0.25) is 0 Å². The van der Waals surface area contributed by atoms with Gasteiger partial charge in [-0.2, -0.15) is 0 Å². The second-order valence-electron chi connectivity index (χ2n) is 5.61. The van der Waals surface area contributed by atoms with Crippen molar-refractivity contribution in [3.8, 4) is 0 Å². The maximum Gasteiger partial charge on any atom is 0.105 e. The number of aromatic nitrogens is 1. The van der Waals surface area contributed by atoms with Crippen molar-refractivity contribution < 1.29 is 9.84 Å². The van der Waals surface area contributed by atoms with Gasteiger partial charge in [-0.05, 0) is 39.3 Å². The second-order valence-corrected chi connectivity index (χ2v) is 5.61. The number of hydrogen-bond acceptors (Lipinski definition) is 3. The van der Waals surface area contributed by atoms with E-state index < -0.39 is 5.60 Å². The fraction of sp³-hybridized carbons (Fsp3) is 0.733. The fourth-order valence-electron chi connectivity index (χ4n) is 2.95. The maximum atomic E-state index is 10.4. The molecular weight excluding hydrogens is 240 g/mol. The Bertz CT molecular complexity index is 442. The molecule has 2 unspecified atom stereocenters. The molecule has 4 heteroatoms. The minimum absolute atomic E-state index is 0.0805. The van der Waals surface area contributed by atoms with E-state index in [1.54, 1.807) is 0 Å². The summed E-state index contributed by atoms with van der Waals surface area (Å²) in [6.45, 7) is 11.5. The molecule has 0 spiro atoms. The number of nitrogens with zero attached hydrogens (tertiary/aromatic N) is 1. The Balaban J connectivity index is 1.93. The van der Waals surface area contributed by atoms with Crippen LogP contribution in [0.3, 0.4) is 0 Å². The van der Waals surface area contributed by atoms with Crippen LogP contribution in [0, 0.1) is 13.8 Å². The first-order chi connectivity index (χ1) is 8.98. The molecule has 0 radical (unpaired) electrons. The highest BCUT2D eigenvalue weighted by molar-refractivity contribution is 5.26. The van der Waals surface area contributed by atoms with E-state index in [0.717, 1.165) is 19.5 Å². The third-order valence-electron chi connectivity index (χ3n) is 4.40. The van der Waals surface area contributed by atoms with E-state index in [-0.39, 0.29) is 6.10 Å². The van der Waals surface area contributed by atoms with E-state index in [0.29, 0.717) is 13.2 Å². The van der Waals surface area contributed by atoms with Crippen LogP contribution in [0.1, 0.15) is 37.2 Å². The van der Waals surface area contributed by atoms with Crippen LogP contribution in [0.25, 0.3) is 0 Å². The molecule has 0 aromatic carbocycles. The van der Waals surface area contributed by atoms with E-state index in [1.165, 1.54) is 17.0 Å². The maximum absolute atomic E-state index is 10.4. The van der Waals surface area contributed by atoms with Gasteiger partial charge in [0.1, 0.15) is 5.60 Å². The third-order valence-corrected chi connectivity index (χ3v) is 4.40. The van der Waals surface area contributed by atoms with Crippen LogP contribution >= 0.6 is 0 Å². The molecule has 108 valence electrons. The largest absolute Gasteiger partial charge is 0.386 e. The Hall–Kier alpha value is -0.840. The zero-order valence-corrected chi connectivity index (χ0v) is 12.5. The molecule has 1 aromatic heterocycles. The Morgan fingerprint density at radius 1 is 1.53 bits per heavy atom. The summed E-state index contributed by atoms with van der Waals surface area (Å²) in [6, 6.07) is 2.23. The summed E-state index contributed by atoms with van der Waals surface area (Å²) < 4.78 is 7.75. The summed E-state index contributed by atoms with van der Waals surface area (Å²) in [5.74, 6) is 0. The van der Waals surface area contributed by atoms with Gasteiger partial charge in [-0.1, -0.05) is 0 Å². The lowest BCUT2D eigenvalue weighted by molar-refractivity contribution is -0.0263. The van der Waals surface area contributed by atoms with Crippen molar-refractivity contribution in [3.63, 3.8) is 0 Å². The van der Waals surface area contributed by atoms with Gasteiger partial charge in [0.25, 0.3) is 0 Å². The standard InChI is InChI=1S/C15H26N2O2/c1-5-17-11(2)8-14(12(17)3)9-16-10-15(18)6-7-19-13(15)4/h8,13,16,18H,5-7,9-10H2,1-4H3. The van der Waals surface area contributed by atoms with Crippen LogP contribution in [-0.2, 0) is 17.8 Å². The molecule has 1 aromatic rings. The molecule has 1 saturated heterocycles. The van der Waals surface area contributed by atoms with Gasteiger partial charge < -0.3 is 19.7 Å². The van der Waals surface area contributed by atoms with Crippen LogP contribution in [0.15, 0.2) is 6.07 Å². The first kappa shape index (κ1) is 14.6. The normalized spacial score (nSPS) is 27.1. The van der Waals surface area contributed by atoms with Crippen molar-refractivity contribution in [1.82, 2.24) is 9.88 Å². The van der Waals surface area contributed by atoms with E-state index in [2.05, 4.69) is 36.7 Å². The zero-order chi connectivity index (χ0) is 14.0. The van der Waals surface area contributed by atoms with Crippen LogP contribution in [0.5, 0.6) is 0 Å². The van der Waals surface area contributed by atoms with E-state index in [9.17, 15) is 5.11 Å². The molecule has 1 aliphatic heterocycles. The molecule has 0 aliphatic carbocycles. The lowest BCUT2D eigenvalue weighted by Gasteiger charge is -2.26. The number of hydrogen-bond donors (Lipinski definition) is 2. The Labute approximate surface area is 115 Å². The smallest absolute Gasteiger partial charge is 0.105 e. The predicted molar refractivity (Wildman–Crippen MR) is 76.3 cm³/mol. The molecule has 0 bridgehead atoms. The molecule has 4 nitrogen and oxygen atoms in total. The quantitative estimate of drug-likeness (QED) is 0.853. The Morgan fingerprint density at radius 3 is 2.79 bits per heavy atom. The topological polar surface area (TPSA) is 46.4 Å². The fourth-order valence-corrected chi connectivity index (χ4v) is 2.95. The molecule has 1 aliphatic rings. The van der Waals surface area contributed by atoms with Crippen LogP contribution in [-0.4, -0.2) is 34.5 Å². The molecule has 2 heterocycles. The van der Waals surface area contributed by atoms with Crippen molar-refractivity contribution >= 4 is 0 Å². The molecule has 2 N–H and O–H groups in total. The summed E-state index contributed by atoms with van der Waals surface area (Å²) in [4.78, 5) is 0. The molecule has 2 atom stereocenters. The summed E-state index contributed by atoms with van der Waals surface area (Å²) in [6.07, 6.45) is 0.637. The summed E-state index contributed by atoms with van der Waals surface area (Å²) in [5, 5.41) is 13.8. The van der Waals surface area contributed by atoms with Crippen LogP contribution in [0.4, 0.5) is 0 Å². The number of nitrogens with one attached hydrogen (secondary N) is 1. The third kappa shape index (κ3) is 2.86. The van der Waals surface area contributed by atoms with E-state index in [1.807, 2.05) is 6.92 Å². The van der Waals surface area contributed by atoms with Gasteiger partial charge in [-0.3, -0.25) is 0 Å². The lowest BCUT2D eigenvalue weighted by Crippen LogP contribution is -2.45. The van der Waals surface area contributed by atoms with Crippen molar-refractivity contribution in [2.75, 3.05) is 13.2 Å². The lowest BCUT2D eigenvalue weighted by atomic mass is 9.96. The minimum atomic E-state index is -0.712. The van der Waals surface area contributed by atoms with Gasteiger partial charge in [-0.15, -0.1) is 0 Å². The Morgan fingerprint density at radius 2 is 2.26 bits per heavy atom. The van der Waals surface area contributed by atoms with Crippen molar-refractivity contribution in [3.05, 3.63) is 23.0 Å². The summed E-state index contributed by atoms with van der Waals surface area (Å²) in [5.41, 5.74) is 3.22. The molecule has 19 heavy (non-hydrogen) atoms. The predicted octanol–water partition coefficient (Wildman–Crippen LogP) is 1.75. The van der Waals surface area contributed by atoms with Gasteiger partial charge in [-0.25, -0.2) is 0 Å². The first-order valence-electron chi connectivity index (χ1n) is 7.18. The minimum Gasteiger partial charge on any atom is -0.386 e. The van der Waals surface area contributed by atoms with Crippen LogP contribution in [0.2, 0.25) is 0 Å². The molecule has 0 amide bonds. The monoisotopic (exact) mass is 266 g/mol. The highest BCUT2D eigenvalue weighted by Gasteiger charge is 2.38. The average Bonchev–Trinajstić information content (AvgIpc) is 2.82. The molecule has 2 rings (SSSR count). The van der Waals surface area contributed by atoms with Gasteiger partial charge >= 0.3 is 0 Å². The van der Waals surface area contributed by atoms with Crippen molar-refractivity contribution in [2.24, 2.45) is 0 Å². The van der Waals surface area contributed by atoms with Crippen molar-refractivity contribution in [1.29, 1.82) is 0 Å². The van der Waals surface area contributed by atoms with Crippen LogP contribution < -0.4 is 5.32 Å². The summed E-state index contributed by atoms with van der Waals surface area (Å²) >= 11 is 0. The number of aliphatic hydroxyl groups is 1. The first-order valence-corrected chi connectivity index (χ1v) is 7.18. The van der Waals surface area contributed by atoms with Gasteiger partial charge in [0.15, 0.2) is 0 Å². The van der Waals surface area contributed by atoms with E-state index >= 15 is 0 Å². The highest BCUT2D eigenvalue weighted by atomic mass is 16.5. The number of aryl methyl sites for hydroxylation is 1. The molecule has 0 saturated carbocycles. The highest BCUT2D eigenvalue weighted by Crippen LogP contribution is 2.25.